The fraction of sp³-hybridized carbons (Fsp3) is 0.227. The van der Waals surface area contributed by atoms with E-state index in [1.165, 1.54) is 6.07 Å². The zero-order valence-electron chi connectivity index (χ0n) is 15.6. The Hall–Kier alpha value is -3.28. The SMILES string of the molecule is CCOc1ccccc1NC(=O)N1CCn2cccc2C1c1ccccc1F. The molecule has 0 saturated carbocycles. The smallest absolute Gasteiger partial charge is 0.322 e. The molecule has 1 atom stereocenters. The van der Waals surface area contributed by atoms with E-state index in [2.05, 4.69) is 9.88 Å². The number of aromatic nitrogens is 1. The maximum atomic E-state index is 14.6. The minimum atomic E-state index is -0.496. The van der Waals surface area contributed by atoms with Crippen LogP contribution in [0.25, 0.3) is 0 Å². The highest BCUT2D eigenvalue weighted by Gasteiger charge is 2.34. The maximum absolute atomic E-state index is 14.6. The van der Waals surface area contributed by atoms with E-state index in [0.29, 0.717) is 36.7 Å². The number of halogens is 1. The van der Waals surface area contributed by atoms with Gasteiger partial charge in [-0.3, -0.25) is 0 Å². The van der Waals surface area contributed by atoms with Gasteiger partial charge in [-0.2, -0.15) is 0 Å². The van der Waals surface area contributed by atoms with Crippen LogP contribution in [-0.2, 0) is 6.54 Å². The molecule has 1 unspecified atom stereocenters. The number of para-hydroxylation sites is 2. The number of ether oxygens (including phenoxy) is 1. The van der Waals surface area contributed by atoms with Crippen molar-refractivity contribution in [3.05, 3.63) is 83.9 Å². The van der Waals surface area contributed by atoms with Gasteiger partial charge >= 0.3 is 6.03 Å². The van der Waals surface area contributed by atoms with Crippen molar-refractivity contribution < 1.29 is 13.9 Å². The van der Waals surface area contributed by atoms with Crippen molar-refractivity contribution in [1.82, 2.24) is 9.47 Å². The third kappa shape index (κ3) is 3.33. The Labute approximate surface area is 163 Å². The van der Waals surface area contributed by atoms with Gasteiger partial charge in [-0.25, -0.2) is 9.18 Å². The molecule has 6 heteroatoms. The van der Waals surface area contributed by atoms with Crippen molar-refractivity contribution in [3.8, 4) is 5.75 Å². The Morgan fingerprint density at radius 1 is 1.11 bits per heavy atom. The average Bonchev–Trinajstić information content (AvgIpc) is 3.18. The normalized spacial score (nSPS) is 15.8. The van der Waals surface area contributed by atoms with Gasteiger partial charge in [0.05, 0.1) is 12.3 Å². The van der Waals surface area contributed by atoms with Crippen LogP contribution in [-0.4, -0.2) is 28.6 Å². The van der Waals surface area contributed by atoms with E-state index in [4.69, 9.17) is 4.74 Å². The summed E-state index contributed by atoms with van der Waals surface area (Å²) in [4.78, 5) is 14.9. The highest BCUT2D eigenvalue weighted by molar-refractivity contribution is 5.91. The van der Waals surface area contributed by atoms with Crippen molar-refractivity contribution >= 4 is 11.7 Å². The number of nitrogens with one attached hydrogen (secondary N) is 1. The Morgan fingerprint density at radius 2 is 1.89 bits per heavy atom. The summed E-state index contributed by atoms with van der Waals surface area (Å²) in [5, 5.41) is 2.94. The highest BCUT2D eigenvalue weighted by atomic mass is 19.1. The van der Waals surface area contributed by atoms with E-state index in [1.807, 2.05) is 43.5 Å². The molecule has 4 rings (SSSR count). The largest absolute Gasteiger partial charge is 0.492 e. The molecular weight excluding hydrogens is 357 g/mol. The van der Waals surface area contributed by atoms with Gasteiger partial charge in [0, 0.05) is 30.5 Å². The first kappa shape index (κ1) is 18.1. The van der Waals surface area contributed by atoms with Crippen LogP contribution in [0.3, 0.4) is 0 Å². The first-order chi connectivity index (χ1) is 13.7. The van der Waals surface area contributed by atoms with E-state index in [9.17, 15) is 9.18 Å². The molecule has 1 aliphatic rings. The number of amides is 2. The molecule has 2 heterocycles. The summed E-state index contributed by atoms with van der Waals surface area (Å²) in [6.07, 6.45) is 1.96. The molecule has 0 radical (unpaired) electrons. The van der Waals surface area contributed by atoms with Gasteiger partial charge in [-0.15, -0.1) is 0 Å². The number of rotatable bonds is 4. The zero-order valence-corrected chi connectivity index (χ0v) is 15.6. The van der Waals surface area contributed by atoms with Gasteiger partial charge in [0.1, 0.15) is 17.6 Å². The maximum Gasteiger partial charge on any atom is 0.322 e. The molecule has 1 aromatic heterocycles. The van der Waals surface area contributed by atoms with Crippen LogP contribution in [0.4, 0.5) is 14.9 Å². The van der Waals surface area contributed by atoms with Crippen molar-refractivity contribution in [2.75, 3.05) is 18.5 Å². The van der Waals surface area contributed by atoms with Gasteiger partial charge < -0.3 is 19.5 Å². The van der Waals surface area contributed by atoms with Crippen LogP contribution in [0.1, 0.15) is 24.2 Å². The lowest BCUT2D eigenvalue weighted by atomic mass is 9.99. The predicted octanol–water partition coefficient (Wildman–Crippen LogP) is 4.66. The topological polar surface area (TPSA) is 46.5 Å². The van der Waals surface area contributed by atoms with E-state index in [-0.39, 0.29) is 11.8 Å². The fourth-order valence-corrected chi connectivity index (χ4v) is 3.66. The molecule has 3 aromatic rings. The Bertz CT molecular complexity index is 985. The number of nitrogens with zero attached hydrogens (tertiary/aromatic N) is 2. The number of urea groups is 1. The lowest BCUT2D eigenvalue weighted by Gasteiger charge is -2.37. The molecule has 0 bridgehead atoms. The zero-order chi connectivity index (χ0) is 19.5. The summed E-state index contributed by atoms with van der Waals surface area (Å²) in [5.41, 5.74) is 1.97. The number of anilines is 1. The van der Waals surface area contributed by atoms with Crippen LogP contribution in [0, 0.1) is 5.82 Å². The molecule has 0 saturated heterocycles. The summed E-state index contributed by atoms with van der Waals surface area (Å²) in [6.45, 7) is 3.53. The minimum Gasteiger partial charge on any atom is -0.492 e. The Kier molecular flexibility index (Phi) is 5.02. The van der Waals surface area contributed by atoms with Gasteiger partial charge in [0.25, 0.3) is 0 Å². The van der Waals surface area contributed by atoms with Gasteiger partial charge in [0.2, 0.25) is 0 Å². The molecule has 2 aromatic carbocycles. The first-order valence-electron chi connectivity index (χ1n) is 9.38. The van der Waals surface area contributed by atoms with E-state index >= 15 is 0 Å². The van der Waals surface area contributed by atoms with Crippen molar-refractivity contribution in [2.45, 2.75) is 19.5 Å². The standard InChI is InChI=1S/C22H22FN3O2/c1-2-28-20-12-6-5-10-18(20)24-22(27)26-15-14-25-13-7-11-19(25)21(26)16-8-3-4-9-17(16)23/h3-13,21H,2,14-15H2,1H3,(H,24,27). The number of hydrogen-bond donors (Lipinski definition) is 1. The summed E-state index contributed by atoms with van der Waals surface area (Å²) < 4.78 is 22.3. The third-order valence-electron chi connectivity index (χ3n) is 4.93. The second kappa shape index (κ2) is 7.76. The van der Waals surface area contributed by atoms with Crippen molar-refractivity contribution in [1.29, 1.82) is 0 Å². The molecule has 0 fully saturated rings. The molecule has 144 valence electrons. The molecule has 1 N–H and O–H groups in total. The molecular formula is C22H22FN3O2. The third-order valence-corrected chi connectivity index (χ3v) is 4.93. The quantitative estimate of drug-likeness (QED) is 0.716. The molecule has 0 spiro atoms. The van der Waals surface area contributed by atoms with Crippen LogP contribution >= 0.6 is 0 Å². The number of hydrogen-bond acceptors (Lipinski definition) is 2. The molecule has 28 heavy (non-hydrogen) atoms. The van der Waals surface area contributed by atoms with E-state index < -0.39 is 6.04 Å². The summed E-state index contributed by atoms with van der Waals surface area (Å²) in [7, 11) is 0. The van der Waals surface area contributed by atoms with Crippen molar-refractivity contribution in [3.63, 3.8) is 0 Å². The lowest BCUT2D eigenvalue weighted by Crippen LogP contribution is -2.44. The molecule has 5 nitrogen and oxygen atoms in total. The van der Waals surface area contributed by atoms with E-state index in [1.54, 1.807) is 29.2 Å². The van der Waals surface area contributed by atoms with Gasteiger partial charge in [-0.05, 0) is 37.3 Å². The second-order valence-electron chi connectivity index (χ2n) is 6.60. The van der Waals surface area contributed by atoms with Crippen LogP contribution in [0.15, 0.2) is 66.9 Å². The minimum absolute atomic E-state index is 0.284. The second-order valence-corrected chi connectivity index (χ2v) is 6.60. The molecule has 2 amide bonds. The predicted molar refractivity (Wildman–Crippen MR) is 106 cm³/mol. The van der Waals surface area contributed by atoms with E-state index in [0.717, 1.165) is 5.69 Å². The number of carbonyl (C=O) groups is 1. The van der Waals surface area contributed by atoms with Crippen molar-refractivity contribution in [2.24, 2.45) is 0 Å². The van der Waals surface area contributed by atoms with Gasteiger partial charge in [0.15, 0.2) is 0 Å². The summed E-state index contributed by atoms with van der Waals surface area (Å²) >= 11 is 0. The highest BCUT2D eigenvalue weighted by Crippen LogP contribution is 2.34. The van der Waals surface area contributed by atoms with Crippen LogP contribution in [0.2, 0.25) is 0 Å². The summed E-state index contributed by atoms with van der Waals surface area (Å²) in [5.74, 6) is 0.288. The van der Waals surface area contributed by atoms with Crippen LogP contribution in [0.5, 0.6) is 5.75 Å². The number of fused-ring (bicyclic) bond motifs is 1. The molecule has 1 aliphatic heterocycles. The van der Waals surface area contributed by atoms with Crippen LogP contribution < -0.4 is 10.1 Å². The fourth-order valence-electron chi connectivity index (χ4n) is 3.66. The lowest BCUT2D eigenvalue weighted by molar-refractivity contribution is 0.180. The molecule has 0 aliphatic carbocycles. The Morgan fingerprint density at radius 3 is 2.71 bits per heavy atom. The average molecular weight is 379 g/mol. The Balaban J connectivity index is 1.68. The van der Waals surface area contributed by atoms with Gasteiger partial charge in [-0.1, -0.05) is 30.3 Å². The number of carbonyl (C=O) groups excluding carboxylic acids is 1. The first-order valence-corrected chi connectivity index (χ1v) is 9.38. The monoisotopic (exact) mass is 379 g/mol. The summed E-state index contributed by atoms with van der Waals surface area (Å²) in [6, 6.07) is 17.0. The number of benzene rings is 2.